The molecule has 0 saturated carbocycles. The summed E-state index contributed by atoms with van der Waals surface area (Å²) in [6, 6.07) is 9.61. The van der Waals surface area contributed by atoms with Crippen LogP contribution in [0.2, 0.25) is 5.02 Å². The highest BCUT2D eigenvalue weighted by atomic mass is 35.5. The Hall–Kier alpha value is -2.20. The van der Waals surface area contributed by atoms with Crippen LogP contribution in [0, 0.1) is 6.92 Å². The van der Waals surface area contributed by atoms with Gasteiger partial charge in [0.2, 0.25) is 0 Å². The Kier molecular flexibility index (Phi) is 4.38. The molecule has 0 radical (unpaired) electrons. The number of benzene rings is 1. The van der Waals surface area contributed by atoms with E-state index < -0.39 is 5.56 Å². The zero-order chi connectivity index (χ0) is 15.6. The second-order valence-electron chi connectivity index (χ2n) is 4.77. The molecular weight excluding hydrogens is 290 g/mol. The molecule has 1 heterocycles. The molecule has 2 rings (SSSR count). The first-order chi connectivity index (χ1) is 9.90. The molecule has 0 fully saturated rings. The molecule has 5 heteroatoms. The maximum atomic E-state index is 12.2. The van der Waals surface area contributed by atoms with Crippen molar-refractivity contribution in [1.29, 1.82) is 0 Å². The number of Topliss-reactive ketones (excluding diaryl/α,β-unsaturated/α-hetero) is 2. The van der Waals surface area contributed by atoms with E-state index in [0.717, 1.165) is 0 Å². The number of nitrogens with zero attached hydrogens (tertiary/aromatic N) is 1. The Morgan fingerprint density at radius 1 is 1.10 bits per heavy atom. The molecule has 0 spiro atoms. The molecule has 0 aliphatic carbocycles. The van der Waals surface area contributed by atoms with Crippen molar-refractivity contribution >= 4 is 23.2 Å². The lowest BCUT2D eigenvalue weighted by Gasteiger charge is -2.10. The van der Waals surface area contributed by atoms with Crippen molar-refractivity contribution in [2.75, 3.05) is 0 Å². The minimum Gasteiger partial charge on any atom is -0.305 e. The minimum atomic E-state index is -0.440. The van der Waals surface area contributed by atoms with E-state index in [1.165, 1.54) is 17.6 Å². The summed E-state index contributed by atoms with van der Waals surface area (Å²) in [5, 5.41) is 0.540. The van der Waals surface area contributed by atoms with E-state index in [1.54, 1.807) is 37.3 Å². The fraction of sp³-hybridized carbons (Fsp3) is 0.188. The summed E-state index contributed by atoms with van der Waals surface area (Å²) in [4.78, 5) is 35.9. The molecule has 4 nitrogen and oxygen atoms in total. The van der Waals surface area contributed by atoms with Crippen LogP contribution in [0.1, 0.15) is 33.3 Å². The van der Waals surface area contributed by atoms with E-state index in [0.29, 0.717) is 16.3 Å². The molecule has 0 N–H and O–H groups in total. The SMILES string of the molecule is CC(=O)c1ccc(C)n(CC(=O)c2ccc(Cl)cc2)c1=O. The number of carbonyl (C=O) groups excluding carboxylic acids is 2. The van der Waals surface area contributed by atoms with E-state index in [9.17, 15) is 14.4 Å². The van der Waals surface area contributed by atoms with Crippen LogP contribution in [-0.4, -0.2) is 16.1 Å². The number of ketones is 2. The highest BCUT2D eigenvalue weighted by molar-refractivity contribution is 6.30. The van der Waals surface area contributed by atoms with E-state index in [2.05, 4.69) is 0 Å². The Balaban J connectivity index is 2.37. The highest BCUT2D eigenvalue weighted by Gasteiger charge is 2.13. The molecular formula is C16H14ClNO3. The van der Waals surface area contributed by atoms with Gasteiger partial charge in [-0.2, -0.15) is 0 Å². The highest BCUT2D eigenvalue weighted by Crippen LogP contribution is 2.11. The standard InChI is InChI=1S/C16H14ClNO3/c1-10-3-8-14(11(2)19)16(21)18(10)9-15(20)12-4-6-13(17)7-5-12/h3-8H,9H2,1-2H3. The van der Waals surface area contributed by atoms with Crippen LogP contribution in [0.4, 0.5) is 0 Å². The first kappa shape index (κ1) is 15.2. The van der Waals surface area contributed by atoms with Crippen LogP contribution >= 0.6 is 11.6 Å². The van der Waals surface area contributed by atoms with Gasteiger partial charge < -0.3 is 4.57 Å². The van der Waals surface area contributed by atoms with Crippen molar-refractivity contribution in [3.63, 3.8) is 0 Å². The summed E-state index contributed by atoms with van der Waals surface area (Å²) >= 11 is 5.78. The first-order valence-electron chi connectivity index (χ1n) is 6.40. The van der Waals surface area contributed by atoms with Crippen LogP contribution in [0.3, 0.4) is 0 Å². The number of hydrogen-bond donors (Lipinski definition) is 0. The maximum absolute atomic E-state index is 12.2. The monoisotopic (exact) mass is 303 g/mol. The molecule has 0 saturated heterocycles. The summed E-state index contributed by atoms with van der Waals surface area (Å²) < 4.78 is 1.31. The molecule has 21 heavy (non-hydrogen) atoms. The number of aryl methyl sites for hydroxylation is 1. The van der Waals surface area contributed by atoms with Gasteiger partial charge in [0.15, 0.2) is 11.6 Å². The smallest absolute Gasteiger partial charge is 0.262 e. The van der Waals surface area contributed by atoms with Crippen LogP contribution < -0.4 is 5.56 Å². The molecule has 0 amide bonds. The largest absolute Gasteiger partial charge is 0.305 e. The summed E-state index contributed by atoms with van der Waals surface area (Å²) in [5.41, 5.74) is 0.751. The number of rotatable bonds is 4. The molecule has 0 aliphatic heterocycles. The molecule has 0 aliphatic rings. The summed E-state index contributed by atoms with van der Waals surface area (Å²) in [5.74, 6) is -0.523. The minimum absolute atomic E-state index is 0.0875. The van der Waals surface area contributed by atoms with Crippen LogP contribution in [0.15, 0.2) is 41.2 Å². The summed E-state index contributed by atoms with van der Waals surface area (Å²) in [6.45, 7) is 2.95. The van der Waals surface area contributed by atoms with Crippen molar-refractivity contribution in [3.05, 3.63) is 68.6 Å². The van der Waals surface area contributed by atoms with Crippen molar-refractivity contribution in [2.45, 2.75) is 20.4 Å². The van der Waals surface area contributed by atoms with Gasteiger partial charge >= 0.3 is 0 Å². The lowest BCUT2D eigenvalue weighted by Crippen LogP contribution is -2.30. The van der Waals surface area contributed by atoms with Crippen molar-refractivity contribution in [2.24, 2.45) is 0 Å². The van der Waals surface area contributed by atoms with Gasteiger partial charge in [-0.1, -0.05) is 11.6 Å². The zero-order valence-corrected chi connectivity index (χ0v) is 12.5. The van der Waals surface area contributed by atoms with Gasteiger partial charge in [-0.25, -0.2) is 0 Å². The molecule has 108 valence electrons. The number of aromatic nitrogens is 1. The van der Waals surface area contributed by atoms with Crippen LogP contribution in [0.5, 0.6) is 0 Å². The van der Waals surface area contributed by atoms with E-state index in [4.69, 9.17) is 11.6 Å². The Labute approximate surface area is 127 Å². The second kappa shape index (κ2) is 6.06. The van der Waals surface area contributed by atoms with Crippen molar-refractivity contribution < 1.29 is 9.59 Å². The number of carbonyl (C=O) groups is 2. The predicted molar refractivity (Wildman–Crippen MR) is 81.2 cm³/mol. The molecule has 0 unspecified atom stereocenters. The predicted octanol–water partition coefficient (Wildman–Crippen LogP) is 2.90. The topological polar surface area (TPSA) is 56.1 Å². The lowest BCUT2D eigenvalue weighted by molar-refractivity contribution is 0.0964. The van der Waals surface area contributed by atoms with Gasteiger partial charge in [-0.05, 0) is 50.2 Å². The first-order valence-corrected chi connectivity index (χ1v) is 6.78. The number of hydrogen-bond acceptors (Lipinski definition) is 3. The van der Waals surface area contributed by atoms with Crippen molar-refractivity contribution in [1.82, 2.24) is 4.57 Å². The third-order valence-corrected chi connectivity index (χ3v) is 3.49. The molecule has 2 aromatic rings. The second-order valence-corrected chi connectivity index (χ2v) is 5.20. The number of pyridine rings is 1. The van der Waals surface area contributed by atoms with E-state index in [1.807, 2.05) is 0 Å². The lowest BCUT2D eigenvalue weighted by atomic mass is 10.1. The maximum Gasteiger partial charge on any atom is 0.262 e. The third kappa shape index (κ3) is 3.28. The molecule has 0 atom stereocenters. The fourth-order valence-corrected chi connectivity index (χ4v) is 2.13. The van der Waals surface area contributed by atoms with Gasteiger partial charge in [-0.3, -0.25) is 14.4 Å². The van der Waals surface area contributed by atoms with Crippen molar-refractivity contribution in [3.8, 4) is 0 Å². The third-order valence-electron chi connectivity index (χ3n) is 3.24. The summed E-state index contributed by atoms with van der Waals surface area (Å²) in [6.07, 6.45) is 0. The quantitative estimate of drug-likeness (QED) is 0.816. The Morgan fingerprint density at radius 2 is 1.71 bits per heavy atom. The van der Waals surface area contributed by atoms with Gasteiger partial charge in [0.1, 0.15) is 0 Å². The van der Waals surface area contributed by atoms with Gasteiger partial charge in [0.25, 0.3) is 5.56 Å². The average Bonchev–Trinajstić information content (AvgIpc) is 2.43. The Bertz CT molecular complexity index is 760. The fourth-order valence-electron chi connectivity index (χ4n) is 2.01. The molecule has 1 aromatic heterocycles. The van der Waals surface area contributed by atoms with E-state index >= 15 is 0 Å². The molecule has 1 aromatic carbocycles. The summed E-state index contributed by atoms with van der Waals surface area (Å²) in [7, 11) is 0. The van der Waals surface area contributed by atoms with Gasteiger partial charge in [-0.15, -0.1) is 0 Å². The Morgan fingerprint density at radius 3 is 2.29 bits per heavy atom. The molecule has 0 bridgehead atoms. The van der Waals surface area contributed by atoms with Crippen LogP contribution in [0.25, 0.3) is 0 Å². The van der Waals surface area contributed by atoms with Gasteiger partial charge in [0.05, 0.1) is 12.1 Å². The average molecular weight is 304 g/mol. The van der Waals surface area contributed by atoms with Crippen LogP contribution in [-0.2, 0) is 6.54 Å². The zero-order valence-electron chi connectivity index (χ0n) is 11.7. The van der Waals surface area contributed by atoms with E-state index in [-0.39, 0.29) is 23.7 Å². The number of halogens is 1. The van der Waals surface area contributed by atoms with Gasteiger partial charge in [0, 0.05) is 16.3 Å². The normalized spacial score (nSPS) is 10.4.